The topological polar surface area (TPSA) is 21.3 Å². The largest absolute Gasteiger partial charge is 0.492 e. The van der Waals surface area contributed by atoms with Crippen LogP contribution in [0, 0.1) is 0 Å². The van der Waals surface area contributed by atoms with Crippen LogP contribution >= 0.6 is 0 Å². The highest BCUT2D eigenvalue weighted by Crippen LogP contribution is 2.11. The van der Waals surface area contributed by atoms with E-state index in [9.17, 15) is 0 Å². The van der Waals surface area contributed by atoms with Crippen LogP contribution in [0.5, 0.6) is 5.75 Å². The predicted octanol–water partition coefficient (Wildman–Crippen LogP) is 2.40. The van der Waals surface area contributed by atoms with E-state index in [0.29, 0.717) is 6.61 Å². The Kier molecular flexibility index (Phi) is 5.56. The van der Waals surface area contributed by atoms with Gasteiger partial charge in [-0.05, 0) is 24.1 Å². The summed E-state index contributed by atoms with van der Waals surface area (Å²) in [6.07, 6.45) is 2.91. The zero-order valence-electron chi connectivity index (χ0n) is 9.33. The maximum atomic E-state index is 5.56. The van der Waals surface area contributed by atoms with E-state index in [0.717, 1.165) is 25.3 Å². The smallest absolute Gasteiger partial charge is 0.119 e. The molecule has 0 spiro atoms. The fourth-order valence-corrected chi connectivity index (χ4v) is 1.27. The molecule has 2 heteroatoms. The van der Waals surface area contributed by atoms with Crippen molar-refractivity contribution in [2.45, 2.75) is 13.3 Å². The Morgan fingerprint density at radius 3 is 2.67 bits per heavy atom. The van der Waals surface area contributed by atoms with E-state index in [1.54, 1.807) is 0 Å². The third-order valence-corrected chi connectivity index (χ3v) is 2.17. The molecule has 82 valence electrons. The maximum Gasteiger partial charge on any atom is 0.119 e. The first-order valence-electron chi connectivity index (χ1n) is 5.40. The highest BCUT2D eigenvalue weighted by atomic mass is 16.5. The molecule has 1 N–H and O–H groups in total. The molecular formula is C13H19NO. The van der Waals surface area contributed by atoms with E-state index in [-0.39, 0.29) is 0 Å². The van der Waals surface area contributed by atoms with Crippen LogP contribution in [-0.4, -0.2) is 19.7 Å². The lowest BCUT2D eigenvalue weighted by Crippen LogP contribution is -2.20. The zero-order chi connectivity index (χ0) is 10.9. The normalized spacial score (nSPS) is 9.93. The Morgan fingerprint density at radius 2 is 2.07 bits per heavy atom. The minimum absolute atomic E-state index is 0.694. The van der Waals surface area contributed by atoms with Gasteiger partial charge >= 0.3 is 0 Å². The molecule has 0 saturated heterocycles. The minimum Gasteiger partial charge on any atom is -0.492 e. The molecule has 0 aliphatic heterocycles. The van der Waals surface area contributed by atoms with Gasteiger partial charge in [0.1, 0.15) is 12.4 Å². The molecule has 0 unspecified atom stereocenters. The number of hydrogen-bond donors (Lipinski definition) is 1. The lowest BCUT2D eigenvalue weighted by Gasteiger charge is -2.06. The SMILES string of the molecule is C=CCNCCOc1ccc(CC)cc1. The van der Waals surface area contributed by atoms with Crippen molar-refractivity contribution in [3.05, 3.63) is 42.5 Å². The molecule has 0 fully saturated rings. The molecule has 0 aliphatic carbocycles. The van der Waals surface area contributed by atoms with Gasteiger partial charge in [-0.2, -0.15) is 0 Å². The molecule has 0 heterocycles. The van der Waals surface area contributed by atoms with E-state index < -0.39 is 0 Å². The number of rotatable bonds is 7. The molecule has 0 amide bonds. The van der Waals surface area contributed by atoms with Gasteiger partial charge < -0.3 is 10.1 Å². The van der Waals surface area contributed by atoms with Crippen molar-refractivity contribution >= 4 is 0 Å². The molecule has 1 rings (SSSR count). The number of hydrogen-bond acceptors (Lipinski definition) is 2. The third kappa shape index (κ3) is 4.66. The van der Waals surface area contributed by atoms with Crippen LogP contribution in [0.25, 0.3) is 0 Å². The summed E-state index contributed by atoms with van der Waals surface area (Å²) in [6, 6.07) is 8.25. The van der Waals surface area contributed by atoms with Crippen LogP contribution in [0.3, 0.4) is 0 Å². The van der Waals surface area contributed by atoms with Crippen molar-refractivity contribution < 1.29 is 4.74 Å². The standard InChI is InChI=1S/C13H19NO/c1-3-9-14-10-11-15-13-7-5-12(4-2)6-8-13/h3,5-8,14H,1,4,9-11H2,2H3. The highest BCUT2D eigenvalue weighted by molar-refractivity contribution is 5.27. The first-order chi connectivity index (χ1) is 7.36. The quantitative estimate of drug-likeness (QED) is 0.545. The summed E-state index contributed by atoms with van der Waals surface area (Å²) in [6.45, 7) is 8.15. The van der Waals surface area contributed by atoms with E-state index in [2.05, 4.69) is 31.0 Å². The summed E-state index contributed by atoms with van der Waals surface area (Å²) < 4.78 is 5.56. The van der Waals surface area contributed by atoms with Crippen molar-refractivity contribution in [3.8, 4) is 5.75 Å². The van der Waals surface area contributed by atoms with E-state index in [1.807, 2.05) is 18.2 Å². The van der Waals surface area contributed by atoms with Gasteiger partial charge in [-0.15, -0.1) is 6.58 Å². The van der Waals surface area contributed by atoms with Gasteiger partial charge in [-0.25, -0.2) is 0 Å². The summed E-state index contributed by atoms with van der Waals surface area (Å²) in [4.78, 5) is 0. The van der Waals surface area contributed by atoms with Crippen LogP contribution < -0.4 is 10.1 Å². The van der Waals surface area contributed by atoms with Crippen molar-refractivity contribution in [3.63, 3.8) is 0 Å². The van der Waals surface area contributed by atoms with Gasteiger partial charge in [0, 0.05) is 13.1 Å². The van der Waals surface area contributed by atoms with Gasteiger partial charge in [0.05, 0.1) is 0 Å². The number of benzene rings is 1. The van der Waals surface area contributed by atoms with E-state index in [4.69, 9.17) is 4.74 Å². The Bertz CT molecular complexity index is 279. The average Bonchev–Trinajstić information content (AvgIpc) is 2.30. The summed E-state index contributed by atoms with van der Waals surface area (Å²) in [5.41, 5.74) is 1.34. The fraction of sp³-hybridized carbons (Fsp3) is 0.385. The van der Waals surface area contributed by atoms with Crippen LogP contribution in [0.15, 0.2) is 36.9 Å². The Balaban J connectivity index is 2.22. The molecule has 0 radical (unpaired) electrons. The molecule has 2 nitrogen and oxygen atoms in total. The molecular weight excluding hydrogens is 186 g/mol. The molecule has 0 atom stereocenters. The van der Waals surface area contributed by atoms with Crippen LogP contribution in [-0.2, 0) is 6.42 Å². The summed E-state index contributed by atoms with van der Waals surface area (Å²) in [5, 5.41) is 3.18. The van der Waals surface area contributed by atoms with Crippen molar-refractivity contribution in [2.24, 2.45) is 0 Å². The monoisotopic (exact) mass is 205 g/mol. The molecule has 1 aromatic rings. The fourth-order valence-electron chi connectivity index (χ4n) is 1.27. The summed E-state index contributed by atoms with van der Waals surface area (Å²) >= 11 is 0. The lowest BCUT2D eigenvalue weighted by molar-refractivity contribution is 0.316. The van der Waals surface area contributed by atoms with Gasteiger partial charge in [0.25, 0.3) is 0 Å². The first-order valence-corrected chi connectivity index (χ1v) is 5.40. The molecule has 15 heavy (non-hydrogen) atoms. The van der Waals surface area contributed by atoms with Gasteiger partial charge in [-0.1, -0.05) is 25.1 Å². The van der Waals surface area contributed by atoms with Crippen LogP contribution in [0.2, 0.25) is 0 Å². The minimum atomic E-state index is 0.694. The molecule has 0 aromatic heterocycles. The third-order valence-electron chi connectivity index (χ3n) is 2.17. The Labute approximate surface area is 92.0 Å². The van der Waals surface area contributed by atoms with Crippen LogP contribution in [0.1, 0.15) is 12.5 Å². The molecule has 0 saturated carbocycles. The summed E-state index contributed by atoms with van der Waals surface area (Å²) in [5.74, 6) is 0.938. The maximum absolute atomic E-state index is 5.56. The van der Waals surface area contributed by atoms with E-state index >= 15 is 0 Å². The number of ether oxygens (including phenoxy) is 1. The van der Waals surface area contributed by atoms with Crippen molar-refractivity contribution in [2.75, 3.05) is 19.7 Å². The predicted molar refractivity (Wildman–Crippen MR) is 64.4 cm³/mol. The Hall–Kier alpha value is -1.28. The second-order valence-corrected chi connectivity index (χ2v) is 3.34. The van der Waals surface area contributed by atoms with Gasteiger partial charge in [-0.3, -0.25) is 0 Å². The molecule has 0 bridgehead atoms. The van der Waals surface area contributed by atoms with Crippen LogP contribution in [0.4, 0.5) is 0 Å². The molecule has 0 aliphatic rings. The number of nitrogens with one attached hydrogen (secondary N) is 1. The second-order valence-electron chi connectivity index (χ2n) is 3.34. The Morgan fingerprint density at radius 1 is 1.33 bits per heavy atom. The average molecular weight is 205 g/mol. The molecule has 1 aromatic carbocycles. The van der Waals surface area contributed by atoms with Crippen molar-refractivity contribution in [1.29, 1.82) is 0 Å². The van der Waals surface area contributed by atoms with Crippen molar-refractivity contribution in [1.82, 2.24) is 5.32 Å². The van der Waals surface area contributed by atoms with Gasteiger partial charge in [0.2, 0.25) is 0 Å². The second kappa shape index (κ2) is 7.07. The lowest BCUT2D eigenvalue weighted by atomic mass is 10.2. The zero-order valence-corrected chi connectivity index (χ0v) is 9.33. The van der Waals surface area contributed by atoms with Gasteiger partial charge in [0.15, 0.2) is 0 Å². The summed E-state index contributed by atoms with van der Waals surface area (Å²) in [7, 11) is 0. The first kappa shape index (κ1) is 11.8. The highest BCUT2D eigenvalue weighted by Gasteiger charge is 1.93. The number of aryl methyl sites for hydroxylation is 1. The van der Waals surface area contributed by atoms with E-state index in [1.165, 1.54) is 5.56 Å².